The number of fused-ring (bicyclic) bond motifs is 1. The first-order valence-corrected chi connectivity index (χ1v) is 8.39. The second-order valence-electron chi connectivity index (χ2n) is 5.17. The second-order valence-corrected chi connectivity index (χ2v) is 6.03. The molecule has 0 amide bonds. The van der Waals surface area contributed by atoms with Gasteiger partial charge in [0.2, 0.25) is 0 Å². The number of benzene rings is 1. The van der Waals surface area contributed by atoms with Crippen LogP contribution in [0.1, 0.15) is 5.82 Å². The molecule has 3 aromatic rings. The smallest absolute Gasteiger partial charge is 0.161 e. The van der Waals surface area contributed by atoms with Gasteiger partial charge in [-0.05, 0) is 24.6 Å². The van der Waals surface area contributed by atoms with E-state index in [1.807, 2.05) is 25.1 Å². The molecule has 2 heterocycles. The third kappa shape index (κ3) is 3.00. The van der Waals surface area contributed by atoms with Gasteiger partial charge in [-0.25, -0.2) is 9.97 Å². The summed E-state index contributed by atoms with van der Waals surface area (Å²) < 4.78 is 10.7. The number of rotatable bonds is 6. The Kier molecular flexibility index (Phi) is 4.82. The summed E-state index contributed by atoms with van der Waals surface area (Å²) in [5.41, 5.74) is 2.02. The molecular weight excluding hydrogens is 326 g/mol. The van der Waals surface area contributed by atoms with E-state index in [1.54, 1.807) is 25.6 Å². The third-order valence-corrected chi connectivity index (χ3v) is 4.52. The molecule has 0 radical (unpaired) electrons. The standard InChI is InChI=1S/C17H19N3O3S/c1-10-19-16(18-6-7-21)15-12(9-24-17(15)20-10)11-4-5-13(22-2)14(8-11)23-3/h4-5,8-9,21H,6-7H2,1-3H3,(H,18,19,20). The molecule has 0 fully saturated rings. The first-order chi connectivity index (χ1) is 11.7. The number of aryl methyl sites for hydroxylation is 1. The quantitative estimate of drug-likeness (QED) is 0.715. The predicted octanol–water partition coefficient (Wildman–Crippen LogP) is 3.09. The Morgan fingerprint density at radius 2 is 1.96 bits per heavy atom. The molecule has 2 aromatic heterocycles. The molecule has 0 saturated carbocycles. The number of aliphatic hydroxyl groups is 1. The highest BCUT2D eigenvalue weighted by Gasteiger charge is 2.15. The molecule has 0 spiro atoms. The lowest BCUT2D eigenvalue weighted by molar-refractivity contribution is 0.311. The SMILES string of the molecule is COc1ccc(-c2csc3nc(C)nc(NCCO)c23)cc1OC. The molecule has 0 atom stereocenters. The van der Waals surface area contributed by atoms with Gasteiger partial charge in [-0.2, -0.15) is 0 Å². The lowest BCUT2D eigenvalue weighted by Gasteiger charge is -2.11. The van der Waals surface area contributed by atoms with Crippen molar-refractivity contribution in [1.29, 1.82) is 0 Å². The van der Waals surface area contributed by atoms with E-state index >= 15 is 0 Å². The van der Waals surface area contributed by atoms with Crippen LogP contribution in [0.15, 0.2) is 23.6 Å². The van der Waals surface area contributed by atoms with Crippen LogP contribution in [0.5, 0.6) is 11.5 Å². The summed E-state index contributed by atoms with van der Waals surface area (Å²) in [5, 5.41) is 15.3. The summed E-state index contributed by atoms with van der Waals surface area (Å²) in [7, 11) is 3.24. The van der Waals surface area contributed by atoms with Gasteiger partial charge in [0.1, 0.15) is 16.5 Å². The Morgan fingerprint density at radius 3 is 2.67 bits per heavy atom. The van der Waals surface area contributed by atoms with E-state index in [4.69, 9.17) is 14.6 Å². The molecule has 7 heteroatoms. The molecule has 0 aliphatic heterocycles. The zero-order chi connectivity index (χ0) is 17.1. The molecule has 0 saturated heterocycles. The van der Waals surface area contributed by atoms with E-state index in [2.05, 4.69) is 20.7 Å². The molecule has 126 valence electrons. The normalized spacial score (nSPS) is 10.8. The van der Waals surface area contributed by atoms with Gasteiger partial charge in [0, 0.05) is 17.5 Å². The van der Waals surface area contributed by atoms with Crippen molar-refractivity contribution >= 4 is 27.4 Å². The maximum Gasteiger partial charge on any atom is 0.161 e. The number of hydrogen-bond donors (Lipinski definition) is 2. The number of nitrogens with zero attached hydrogens (tertiary/aromatic N) is 2. The Balaban J connectivity index is 2.16. The number of aromatic nitrogens is 2. The molecule has 24 heavy (non-hydrogen) atoms. The van der Waals surface area contributed by atoms with Gasteiger partial charge < -0.3 is 19.9 Å². The lowest BCUT2D eigenvalue weighted by Crippen LogP contribution is -2.08. The van der Waals surface area contributed by atoms with Crippen molar-refractivity contribution in [3.63, 3.8) is 0 Å². The fraction of sp³-hybridized carbons (Fsp3) is 0.294. The largest absolute Gasteiger partial charge is 0.493 e. The number of nitrogens with one attached hydrogen (secondary N) is 1. The highest BCUT2D eigenvalue weighted by molar-refractivity contribution is 7.17. The van der Waals surface area contributed by atoms with Crippen LogP contribution in [0.25, 0.3) is 21.3 Å². The van der Waals surface area contributed by atoms with Crippen LogP contribution in [0.2, 0.25) is 0 Å². The second kappa shape index (κ2) is 7.02. The molecular formula is C17H19N3O3S. The Morgan fingerprint density at radius 1 is 1.17 bits per heavy atom. The summed E-state index contributed by atoms with van der Waals surface area (Å²) in [6.45, 7) is 2.34. The lowest BCUT2D eigenvalue weighted by atomic mass is 10.1. The van der Waals surface area contributed by atoms with E-state index in [-0.39, 0.29) is 6.61 Å². The molecule has 0 bridgehead atoms. The molecule has 6 nitrogen and oxygen atoms in total. The highest BCUT2D eigenvalue weighted by atomic mass is 32.1. The Labute approximate surface area is 144 Å². The van der Waals surface area contributed by atoms with E-state index in [9.17, 15) is 0 Å². The Bertz CT molecular complexity index is 864. The predicted molar refractivity (Wildman–Crippen MR) is 96.3 cm³/mol. The van der Waals surface area contributed by atoms with Crippen LogP contribution in [-0.4, -0.2) is 42.4 Å². The average Bonchev–Trinajstić information content (AvgIpc) is 3.02. The summed E-state index contributed by atoms with van der Waals surface area (Å²) >= 11 is 1.57. The fourth-order valence-electron chi connectivity index (χ4n) is 2.57. The van der Waals surface area contributed by atoms with E-state index in [1.165, 1.54) is 0 Å². The van der Waals surface area contributed by atoms with Crippen molar-refractivity contribution in [3.8, 4) is 22.6 Å². The summed E-state index contributed by atoms with van der Waals surface area (Å²) in [5.74, 6) is 2.79. The van der Waals surface area contributed by atoms with Crippen molar-refractivity contribution in [3.05, 3.63) is 29.4 Å². The minimum Gasteiger partial charge on any atom is -0.493 e. The Hall–Kier alpha value is -2.38. The van der Waals surface area contributed by atoms with E-state index in [0.717, 1.165) is 27.2 Å². The molecule has 0 unspecified atom stereocenters. The van der Waals surface area contributed by atoms with Gasteiger partial charge in [0.25, 0.3) is 0 Å². The van der Waals surface area contributed by atoms with Gasteiger partial charge in [-0.1, -0.05) is 6.07 Å². The number of methoxy groups -OCH3 is 2. The summed E-state index contributed by atoms with van der Waals surface area (Å²) in [6.07, 6.45) is 0. The van der Waals surface area contributed by atoms with E-state index in [0.29, 0.717) is 23.9 Å². The fourth-order valence-corrected chi connectivity index (χ4v) is 3.56. The summed E-state index contributed by atoms with van der Waals surface area (Å²) in [6, 6.07) is 5.81. The number of aliphatic hydroxyl groups excluding tert-OH is 1. The van der Waals surface area contributed by atoms with Crippen molar-refractivity contribution in [2.24, 2.45) is 0 Å². The van der Waals surface area contributed by atoms with Crippen LogP contribution in [0.4, 0.5) is 5.82 Å². The first-order valence-electron chi connectivity index (χ1n) is 7.51. The monoisotopic (exact) mass is 345 g/mol. The van der Waals surface area contributed by atoms with Crippen LogP contribution in [-0.2, 0) is 0 Å². The maximum atomic E-state index is 9.10. The number of thiophene rings is 1. The van der Waals surface area contributed by atoms with E-state index < -0.39 is 0 Å². The molecule has 3 rings (SSSR count). The van der Waals surface area contributed by atoms with Crippen LogP contribution < -0.4 is 14.8 Å². The average molecular weight is 345 g/mol. The zero-order valence-electron chi connectivity index (χ0n) is 13.8. The van der Waals surface area contributed by atoms with Crippen molar-refractivity contribution in [1.82, 2.24) is 9.97 Å². The molecule has 1 aromatic carbocycles. The number of ether oxygens (including phenoxy) is 2. The van der Waals surface area contributed by atoms with Gasteiger partial charge >= 0.3 is 0 Å². The minimum absolute atomic E-state index is 0.0420. The van der Waals surface area contributed by atoms with Gasteiger partial charge in [-0.15, -0.1) is 11.3 Å². The van der Waals surface area contributed by atoms with Gasteiger partial charge in [0.15, 0.2) is 11.5 Å². The van der Waals surface area contributed by atoms with Gasteiger partial charge in [0.05, 0.1) is 26.2 Å². The molecule has 0 aliphatic carbocycles. The molecule has 0 aliphatic rings. The minimum atomic E-state index is 0.0420. The topological polar surface area (TPSA) is 76.5 Å². The summed E-state index contributed by atoms with van der Waals surface area (Å²) in [4.78, 5) is 9.92. The highest BCUT2D eigenvalue weighted by Crippen LogP contribution is 2.40. The molecule has 2 N–H and O–H groups in total. The third-order valence-electron chi connectivity index (χ3n) is 3.64. The maximum absolute atomic E-state index is 9.10. The zero-order valence-corrected chi connectivity index (χ0v) is 14.6. The van der Waals surface area contributed by atoms with Crippen molar-refractivity contribution in [2.45, 2.75) is 6.92 Å². The van der Waals surface area contributed by atoms with Crippen LogP contribution >= 0.6 is 11.3 Å². The number of hydrogen-bond acceptors (Lipinski definition) is 7. The van der Waals surface area contributed by atoms with Crippen molar-refractivity contribution < 1.29 is 14.6 Å². The number of anilines is 1. The van der Waals surface area contributed by atoms with Gasteiger partial charge in [-0.3, -0.25) is 0 Å². The van der Waals surface area contributed by atoms with Crippen LogP contribution in [0, 0.1) is 6.92 Å². The van der Waals surface area contributed by atoms with Crippen molar-refractivity contribution in [2.75, 3.05) is 32.7 Å². The van der Waals surface area contributed by atoms with Crippen LogP contribution in [0.3, 0.4) is 0 Å². The first kappa shape index (κ1) is 16.5.